The van der Waals surface area contributed by atoms with Crippen LogP contribution in [0.25, 0.3) is 0 Å². The van der Waals surface area contributed by atoms with E-state index in [0.717, 1.165) is 0 Å². The second-order valence-electron chi connectivity index (χ2n) is 3.62. The summed E-state index contributed by atoms with van der Waals surface area (Å²) in [5.74, 6) is 0.399. The van der Waals surface area contributed by atoms with E-state index in [2.05, 4.69) is 5.10 Å². The number of ether oxygens (including phenoxy) is 2. The zero-order valence-electron chi connectivity index (χ0n) is 10.7. The Morgan fingerprint density at radius 3 is 2.44 bits per heavy atom. The molecule has 0 bridgehead atoms. The van der Waals surface area contributed by atoms with Gasteiger partial charge in [-0.3, -0.25) is 10.1 Å². The molecule has 0 N–H and O–H groups in total. The van der Waals surface area contributed by atoms with Crippen LogP contribution in [0.15, 0.2) is 17.2 Å². The molecule has 7 heteroatoms. The highest BCUT2D eigenvalue weighted by Gasteiger charge is 2.20. The van der Waals surface area contributed by atoms with Gasteiger partial charge >= 0.3 is 5.69 Å². The van der Waals surface area contributed by atoms with Crippen molar-refractivity contribution in [3.63, 3.8) is 0 Å². The van der Waals surface area contributed by atoms with Crippen molar-refractivity contribution >= 4 is 11.9 Å². The number of benzene rings is 1. The Balaban J connectivity index is 3.31. The minimum Gasteiger partial charge on any atom is -0.493 e. The Morgan fingerprint density at radius 1 is 1.33 bits per heavy atom. The fraction of sp³-hybridized carbons (Fsp3) is 0.364. The van der Waals surface area contributed by atoms with Gasteiger partial charge in [0.15, 0.2) is 5.75 Å². The van der Waals surface area contributed by atoms with Crippen LogP contribution in [0.2, 0.25) is 0 Å². The van der Waals surface area contributed by atoms with Crippen molar-refractivity contribution in [1.82, 2.24) is 5.01 Å². The van der Waals surface area contributed by atoms with Crippen LogP contribution in [0.4, 0.5) is 5.69 Å². The zero-order valence-corrected chi connectivity index (χ0v) is 10.7. The molecule has 1 aromatic carbocycles. The Kier molecular flexibility index (Phi) is 4.47. The molecule has 0 aliphatic heterocycles. The molecule has 0 saturated carbocycles. The molecule has 1 aromatic rings. The fourth-order valence-corrected chi connectivity index (χ4v) is 1.36. The van der Waals surface area contributed by atoms with E-state index in [1.54, 1.807) is 25.2 Å². The molecule has 0 aliphatic carbocycles. The van der Waals surface area contributed by atoms with Gasteiger partial charge in [0.05, 0.1) is 25.4 Å². The molecule has 0 radical (unpaired) electrons. The third-order valence-corrected chi connectivity index (χ3v) is 2.12. The van der Waals surface area contributed by atoms with E-state index in [1.807, 2.05) is 0 Å². The minimum atomic E-state index is -0.519. The molecule has 0 amide bonds. The smallest absolute Gasteiger partial charge is 0.315 e. The van der Waals surface area contributed by atoms with Gasteiger partial charge < -0.3 is 14.5 Å². The lowest BCUT2D eigenvalue weighted by Gasteiger charge is -2.09. The molecule has 1 rings (SSSR count). The van der Waals surface area contributed by atoms with E-state index in [1.165, 1.54) is 26.5 Å². The molecule has 0 atom stereocenters. The quantitative estimate of drug-likeness (QED) is 0.451. The number of nitro groups is 1. The highest BCUT2D eigenvalue weighted by atomic mass is 16.6. The van der Waals surface area contributed by atoms with Crippen LogP contribution in [0, 0.1) is 10.1 Å². The number of nitrogens with zero attached hydrogens (tertiary/aromatic N) is 3. The standard InChI is InChI=1S/C11H15N3O4/c1-13(2)12-7-8-5-9(14(15)16)11(18-4)10(6-8)17-3/h5-7H,1-4H3/b12-7+. The van der Waals surface area contributed by atoms with Gasteiger partial charge in [-0.15, -0.1) is 0 Å². The summed E-state index contributed by atoms with van der Waals surface area (Å²) in [6.45, 7) is 0. The Hall–Kier alpha value is -2.31. The summed E-state index contributed by atoms with van der Waals surface area (Å²) in [7, 11) is 6.30. The molecule has 0 aromatic heterocycles. The first-order valence-electron chi connectivity index (χ1n) is 5.11. The SMILES string of the molecule is COc1cc(/C=N/N(C)C)cc([N+](=O)[O-])c1OC. The van der Waals surface area contributed by atoms with Crippen LogP contribution in [-0.4, -0.2) is 44.5 Å². The third kappa shape index (κ3) is 3.09. The lowest BCUT2D eigenvalue weighted by atomic mass is 10.2. The highest BCUT2D eigenvalue weighted by Crippen LogP contribution is 2.37. The Labute approximate surface area is 105 Å². The summed E-state index contributed by atoms with van der Waals surface area (Å²) < 4.78 is 10.1. The maximum Gasteiger partial charge on any atom is 0.315 e. The van der Waals surface area contributed by atoms with Crippen LogP contribution >= 0.6 is 0 Å². The average molecular weight is 253 g/mol. The van der Waals surface area contributed by atoms with Crippen LogP contribution < -0.4 is 9.47 Å². The van der Waals surface area contributed by atoms with Gasteiger partial charge in [0.25, 0.3) is 0 Å². The predicted molar refractivity (Wildman–Crippen MR) is 67.5 cm³/mol. The first kappa shape index (κ1) is 13.8. The number of hydrogen-bond acceptors (Lipinski definition) is 6. The molecule has 0 spiro atoms. The Bertz CT molecular complexity index is 472. The molecule has 7 nitrogen and oxygen atoms in total. The second-order valence-corrected chi connectivity index (χ2v) is 3.62. The van der Waals surface area contributed by atoms with E-state index in [9.17, 15) is 10.1 Å². The van der Waals surface area contributed by atoms with Gasteiger partial charge in [-0.05, 0) is 6.07 Å². The predicted octanol–water partition coefficient (Wildman–Crippen LogP) is 1.51. The monoisotopic (exact) mass is 253 g/mol. The summed E-state index contributed by atoms with van der Waals surface area (Å²) >= 11 is 0. The summed E-state index contributed by atoms with van der Waals surface area (Å²) in [5.41, 5.74) is 0.408. The first-order chi connectivity index (χ1) is 8.49. The minimum absolute atomic E-state index is 0.101. The molecule has 98 valence electrons. The fourth-order valence-electron chi connectivity index (χ4n) is 1.36. The van der Waals surface area contributed by atoms with E-state index >= 15 is 0 Å². The van der Waals surface area contributed by atoms with E-state index < -0.39 is 4.92 Å². The lowest BCUT2D eigenvalue weighted by Crippen LogP contribution is -2.03. The summed E-state index contributed by atoms with van der Waals surface area (Å²) in [4.78, 5) is 10.4. The van der Waals surface area contributed by atoms with Gasteiger partial charge in [0.1, 0.15) is 0 Å². The molecule has 0 heterocycles. The van der Waals surface area contributed by atoms with Crippen LogP contribution in [0.3, 0.4) is 0 Å². The lowest BCUT2D eigenvalue weighted by molar-refractivity contribution is -0.385. The topological polar surface area (TPSA) is 77.2 Å². The van der Waals surface area contributed by atoms with Gasteiger partial charge in [-0.1, -0.05) is 0 Å². The van der Waals surface area contributed by atoms with Crippen molar-refractivity contribution in [2.45, 2.75) is 0 Å². The first-order valence-corrected chi connectivity index (χ1v) is 5.11. The third-order valence-electron chi connectivity index (χ3n) is 2.12. The Morgan fingerprint density at radius 2 is 2.00 bits per heavy atom. The molecule has 0 fully saturated rings. The number of rotatable bonds is 5. The molecule has 0 aliphatic rings. The van der Waals surface area contributed by atoms with Gasteiger partial charge in [0.2, 0.25) is 5.75 Å². The number of nitro benzene ring substituents is 1. The van der Waals surface area contributed by atoms with Crippen molar-refractivity contribution in [1.29, 1.82) is 0 Å². The molecule has 18 heavy (non-hydrogen) atoms. The normalized spacial score (nSPS) is 10.4. The van der Waals surface area contributed by atoms with E-state index in [4.69, 9.17) is 9.47 Å². The number of hydrazone groups is 1. The molecule has 0 unspecified atom stereocenters. The molecule has 0 saturated heterocycles. The van der Waals surface area contributed by atoms with Crippen LogP contribution in [0.1, 0.15) is 5.56 Å². The maximum atomic E-state index is 11.0. The maximum absolute atomic E-state index is 11.0. The summed E-state index contributed by atoms with van der Waals surface area (Å²) in [5, 5.41) is 16.6. The number of hydrogen-bond donors (Lipinski definition) is 0. The van der Waals surface area contributed by atoms with E-state index in [-0.39, 0.29) is 11.4 Å². The van der Waals surface area contributed by atoms with Crippen molar-refractivity contribution in [3.05, 3.63) is 27.8 Å². The average Bonchev–Trinajstić information content (AvgIpc) is 2.34. The van der Waals surface area contributed by atoms with Gasteiger partial charge in [0, 0.05) is 25.7 Å². The van der Waals surface area contributed by atoms with Crippen LogP contribution in [0.5, 0.6) is 11.5 Å². The molecular formula is C11H15N3O4. The van der Waals surface area contributed by atoms with Gasteiger partial charge in [-0.25, -0.2) is 0 Å². The summed E-state index contributed by atoms with van der Waals surface area (Å²) in [6.07, 6.45) is 1.51. The van der Waals surface area contributed by atoms with Crippen molar-refractivity contribution in [2.24, 2.45) is 5.10 Å². The summed E-state index contributed by atoms with van der Waals surface area (Å²) in [6, 6.07) is 3.01. The van der Waals surface area contributed by atoms with Crippen LogP contribution in [-0.2, 0) is 0 Å². The largest absolute Gasteiger partial charge is 0.493 e. The highest BCUT2D eigenvalue weighted by molar-refractivity contribution is 5.83. The second kappa shape index (κ2) is 5.85. The zero-order chi connectivity index (χ0) is 13.7. The van der Waals surface area contributed by atoms with Crippen molar-refractivity contribution < 1.29 is 14.4 Å². The van der Waals surface area contributed by atoms with E-state index in [0.29, 0.717) is 11.3 Å². The van der Waals surface area contributed by atoms with Crippen molar-refractivity contribution in [2.75, 3.05) is 28.3 Å². The van der Waals surface area contributed by atoms with Gasteiger partial charge in [-0.2, -0.15) is 5.10 Å². The number of methoxy groups -OCH3 is 2. The van der Waals surface area contributed by atoms with Crippen molar-refractivity contribution in [3.8, 4) is 11.5 Å². The molecular weight excluding hydrogens is 238 g/mol.